The summed E-state index contributed by atoms with van der Waals surface area (Å²) in [5.41, 5.74) is 4.31. The number of aryl methyl sites for hydroxylation is 1. The predicted octanol–water partition coefficient (Wildman–Crippen LogP) is 7.62. The monoisotopic (exact) mass is 382 g/mol. The van der Waals surface area contributed by atoms with Gasteiger partial charge in [0.2, 0.25) is 0 Å². The smallest absolute Gasteiger partial charge is 0.426 e. The number of hydrogen-bond acceptors (Lipinski definition) is 3. The van der Waals surface area contributed by atoms with Gasteiger partial charge in [-0.3, -0.25) is 0 Å². The van der Waals surface area contributed by atoms with Crippen molar-refractivity contribution >= 4 is 6.16 Å². The minimum Gasteiger partial charge on any atom is -0.426 e. The Morgan fingerprint density at radius 2 is 1.54 bits per heavy atom. The van der Waals surface area contributed by atoms with Crippen LogP contribution in [-0.2, 0) is 4.74 Å². The zero-order chi connectivity index (χ0) is 20.4. The van der Waals surface area contributed by atoms with Gasteiger partial charge in [0.1, 0.15) is 11.9 Å². The molecule has 0 saturated heterocycles. The predicted molar refractivity (Wildman–Crippen MR) is 115 cm³/mol. The number of carbonyl (C=O) groups excluding carboxylic acids is 1. The fourth-order valence-electron chi connectivity index (χ4n) is 3.34. The first kappa shape index (κ1) is 22.0. The largest absolute Gasteiger partial charge is 0.514 e. The highest BCUT2D eigenvalue weighted by Gasteiger charge is 2.19. The molecular weight excluding hydrogens is 348 g/mol. The van der Waals surface area contributed by atoms with E-state index in [9.17, 15) is 4.79 Å². The molecular formula is C25H34O3. The first-order valence-electron chi connectivity index (χ1n) is 10.5. The maximum absolute atomic E-state index is 12.5. The van der Waals surface area contributed by atoms with E-state index < -0.39 is 6.16 Å². The number of rotatable bonds is 10. The van der Waals surface area contributed by atoms with Crippen LogP contribution >= 0.6 is 0 Å². The van der Waals surface area contributed by atoms with Crippen molar-refractivity contribution < 1.29 is 14.3 Å². The van der Waals surface area contributed by atoms with Crippen LogP contribution in [0.5, 0.6) is 5.75 Å². The standard InChI is InChI=1S/C25H34O3/c1-5-6-7-8-9-13-16-24(22-14-11-10-12-15-22)28-25(26)27-23-18-17-19(2)20(3)21(23)4/h10-12,14-15,17-18,24H,5-9,13,16H2,1-4H3. The highest BCUT2D eigenvalue weighted by Crippen LogP contribution is 2.27. The minimum absolute atomic E-state index is 0.272. The van der Waals surface area contributed by atoms with Gasteiger partial charge in [0.25, 0.3) is 0 Å². The normalized spacial score (nSPS) is 11.9. The van der Waals surface area contributed by atoms with Gasteiger partial charge in [0.15, 0.2) is 0 Å². The van der Waals surface area contributed by atoms with E-state index in [-0.39, 0.29) is 6.10 Å². The maximum atomic E-state index is 12.5. The fraction of sp³-hybridized carbons (Fsp3) is 0.480. The zero-order valence-electron chi connectivity index (χ0n) is 17.8. The first-order chi connectivity index (χ1) is 13.5. The van der Waals surface area contributed by atoms with E-state index >= 15 is 0 Å². The summed E-state index contributed by atoms with van der Waals surface area (Å²) in [6.07, 6.45) is 7.18. The lowest BCUT2D eigenvalue weighted by Crippen LogP contribution is -2.16. The summed E-state index contributed by atoms with van der Waals surface area (Å²) in [6, 6.07) is 13.8. The molecule has 0 fully saturated rings. The summed E-state index contributed by atoms with van der Waals surface area (Å²) in [5, 5.41) is 0. The van der Waals surface area contributed by atoms with Crippen LogP contribution in [0.25, 0.3) is 0 Å². The van der Waals surface area contributed by atoms with E-state index in [4.69, 9.17) is 9.47 Å². The Morgan fingerprint density at radius 3 is 2.25 bits per heavy atom. The van der Waals surface area contributed by atoms with Crippen molar-refractivity contribution in [1.82, 2.24) is 0 Å². The Bertz CT molecular complexity index is 737. The Kier molecular flexibility index (Phi) is 9.06. The number of hydrogen-bond donors (Lipinski definition) is 0. The van der Waals surface area contributed by atoms with E-state index in [1.165, 1.54) is 31.2 Å². The molecule has 0 aliphatic heterocycles. The molecule has 0 spiro atoms. The topological polar surface area (TPSA) is 35.5 Å². The summed E-state index contributed by atoms with van der Waals surface area (Å²) in [6.45, 7) is 8.28. The highest BCUT2D eigenvalue weighted by molar-refractivity contribution is 5.65. The van der Waals surface area contributed by atoms with Crippen molar-refractivity contribution in [3.05, 3.63) is 64.7 Å². The van der Waals surface area contributed by atoms with Crippen molar-refractivity contribution in [2.24, 2.45) is 0 Å². The molecule has 152 valence electrons. The summed E-state index contributed by atoms with van der Waals surface area (Å²) in [4.78, 5) is 12.5. The second kappa shape index (κ2) is 11.5. The third kappa shape index (κ3) is 6.70. The van der Waals surface area contributed by atoms with E-state index in [0.717, 1.165) is 36.0 Å². The lowest BCUT2D eigenvalue weighted by Gasteiger charge is -2.19. The van der Waals surface area contributed by atoms with Crippen LogP contribution in [0.15, 0.2) is 42.5 Å². The van der Waals surface area contributed by atoms with Gasteiger partial charge >= 0.3 is 6.16 Å². The van der Waals surface area contributed by atoms with Gasteiger partial charge in [-0.05, 0) is 61.9 Å². The molecule has 0 aliphatic rings. The molecule has 0 aliphatic carbocycles. The number of ether oxygens (including phenoxy) is 2. The molecule has 0 N–H and O–H groups in total. The summed E-state index contributed by atoms with van der Waals surface area (Å²) >= 11 is 0. The van der Waals surface area contributed by atoms with Gasteiger partial charge < -0.3 is 9.47 Å². The Hall–Kier alpha value is -2.29. The zero-order valence-corrected chi connectivity index (χ0v) is 17.8. The SMILES string of the molecule is CCCCCCCCC(OC(=O)Oc1ccc(C)c(C)c1C)c1ccccc1. The minimum atomic E-state index is -0.633. The number of carbonyl (C=O) groups is 1. The van der Waals surface area contributed by atoms with Crippen molar-refractivity contribution in [3.8, 4) is 5.75 Å². The van der Waals surface area contributed by atoms with E-state index in [2.05, 4.69) is 13.8 Å². The van der Waals surface area contributed by atoms with Gasteiger partial charge in [0, 0.05) is 0 Å². The third-order valence-corrected chi connectivity index (χ3v) is 5.43. The van der Waals surface area contributed by atoms with Gasteiger partial charge in [0.05, 0.1) is 0 Å². The van der Waals surface area contributed by atoms with Crippen molar-refractivity contribution in [2.75, 3.05) is 0 Å². The molecule has 2 aromatic rings. The molecule has 2 aromatic carbocycles. The van der Waals surface area contributed by atoms with Crippen molar-refractivity contribution in [3.63, 3.8) is 0 Å². The highest BCUT2D eigenvalue weighted by atomic mass is 16.7. The molecule has 0 radical (unpaired) electrons. The molecule has 0 heterocycles. The van der Waals surface area contributed by atoms with Gasteiger partial charge in [-0.25, -0.2) is 4.79 Å². The molecule has 28 heavy (non-hydrogen) atoms. The van der Waals surface area contributed by atoms with Crippen LogP contribution in [0, 0.1) is 20.8 Å². The lowest BCUT2D eigenvalue weighted by atomic mass is 10.0. The molecule has 3 nitrogen and oxygen atoms in total. The third-order valence-electron chi connectivity index (χ3n) is 5.43. The first-order valence-corrected chi connectivity index (χ1v) is 10.5. The quantitative estimate of drug-likeness (QED) is 0.241. The molecule has 3 heteroatoms. The second-order valence-corrected chi connectivity index (χ2v) is 7.56. The van der Waals surface area contributed by atoms with Crippen LogP contribution in [0.1, 0.15) is 80.2 Å². The molecule has 1 unspecified atom stereocenters. The van der Waals surface area contributed by atoms with Gasteiger partial charge in [-0.15, -0.1) is 0 Å². The van der Waals surface area contributed by atoms with Gasteiger partial charge in [-0.1, -0.05) is 75.4 Å². The molecule has 2 rings (SSSR count). The average Bonchev–Trinajstić information content (AvgIpc) is 2.71. The fourth-order valence-corrected chi connectivity index (χ4v) is 3.34. The van der Waals surface area contributed by atoms with Crippen LogP contribution in [-0.4, -0.2) is 6.16 Å². The number of benzene rings is 2. The van der Waals surface area contributed by atoms with Crippen molar-refractivity contribution in [1.29, 1.82) is 0 Å². The Morgan fingerprint density at radius 1 is 0.857 bits per heavy atom. The second-order valence-electron chi connectivity index (χ2n) is 7.56. The Balaban J connectivity index is 1.97. The molecule has 0 saturated carbocycles. The molecule has 0 amide bonds. The van der Waals surface area contributed by atoms with E-state index in [1.807, 2.05) is 56.3 Å². The molecule has 0 bridgehead atoms. The van der Waals surface area contributed by atoms with Crippen LogP contribution in [0.3, 0.4) is 0 Å². The van der Waals surface area contributed by atoms with Crippen LogP contribution in [0.2, 0.25) is 0 Å². The summed E-state index contributed by atoms with van der Waals surface area (Å²) < 4.78 is 11.3. The Labute approximate surface area is 170 Å². The summed E-state index contributed by atoms with van der Waals surface area (Å²) in [7, 11) is 0. The molecule has 0 aromatic heterocycles. The van der Waals surface area contributed by atoms with E-state index in [0.29, 0.717) is 5.75 Å². The van der Waals surface area contributed by atoms with E-state index in [1.54, 1.807) is 0 Å². The summed E-state index contributed by atoms with van der Waals surface area (Å²) in [5.74, 6) is 0.569. The number of unbranched alkanes of at least 4 members (excludes halogenated alkanes) is 5. The van der Waals surface area contributed by atoms with Gasteiger partial charge in [-0.2, -0.15) is 0 Å². The molecule has 1 atom stereocenters. The van der Waals surface area contributed by atoms with Crippen LogP contribution < -0.4 is 4.74 Å². The lowest BCUT2D eigenvalue weighted by molar-refractivity contribution is 0.0526. The maximum Gasteiger partial charge on any atom is 0.514 e. The van der Waals surface area contributed by atoms with Crippen molar-refractivity contribution in [2.45, 2.75) is 78.7 Å². The van der Waals surface area contributed by atoms with Crippen LogP contribution in [0.4, 0.5) is 4.79 Å². The average molecular weight is 383 g/mol.